The molecule has 19 heavy (non-hydrogen) atoms. The highest BCUT2D eigenvalue weighted by atomic mass is 35.5. The zero-order chi connectivity index (χ0) is 12.8. The molecule has 0 aromatic carbocycles. The number of hydrogen-bond acceptors (Lipinski definition) is 4. The zero-order valence-electron chi connectivity index (χ0n) is 11.3. The summed E-state index contributed by atoms with van der Waals surface area (Å²) in [5.41, 5.74) is 1.57. The lowest BCUT2D eigenvalue weighted by Gasteiger charge is -2.26. The number of anilines is 1. The van der Waals surface area contributed by atoms with Crippen LogP contribution in [0.15, 0.2) is 18.3 Å². The van der Waals surface area contributed by atoms with E-state index in [9.17, 15) is 0 Å². The van der Waals surface area contributed by atoms with Crippen LogP contribution in [-0.4, -0.2) is 31.7 Å². The van der Waals surface area contributed by atoms with Crippen LogP contribution in [0.2, 0.25) is 0 Å². The average Bonchev–Trinajstić information content (AvgIpc) is 2.46. The largest absolute Gasteiger partial charge is 0.374 e. The van der Waals surface area contributed by atoms with E-state index in [1.54, 1.807) is 6.20 Å². The number of pyridine rings is 1. The summed E-state index contributed by atoms with van der Waals surface area (Å²) in [6, 6.07) is 5.89. The molecule has 1 aliphatic heterocycles. The minimum Gasteiger partial charge on any atom is -0.374 e. The van der Waals surface area contributed by atoms with E-state index < -0.39 is 0 Å². The molecular formula is C14H21ClN4. The highest BCUT2D eigenvalue weighted by molar-refractivity contribution is 5.85. The van der Waals surface area contributed by atoms with Gasteiger partial charge in [0.25, 0.3) is 0 Å². The van der Waals surface area contributed by atoms with Gasteiger partial charge < -0.3 is 10.2 Å². The number of aromatic nitrogens is 1. The van der Waals surface area contributed by atoms with Gasteiger partial charge in [-0.15, -0.1) is 12.4 Å². The van der Waals surface area contributed by atoms with Crippen LogP contribution < -0.4 is 10.2 Å². The fourth-order valence-electron chi connectivity index (χ4n) is 2.39. The third-order valence-corrected chi connectivity index (χ3v) is 3.63. The van der Waals surface area contributed by atoms with E-state index in [1.165, 1.54) is 19.3 Å². The Kier molecular flexibility index (Phi) is 6.61. The van der Waals surface area contributed by atoms with E-state index in [-0.39, 0.29) is 12.4 Å². The van der Waals surface area contributed by atoms with E-state index >= 15 is 0 Å². The molecule has 1 aromatic rings. The van der Waals surface area contributed by atoms with Gasteiger partial charge in [-0.25, -0.2) is 4.98 Å². The second-order valence-electron chi connectivity index (χ2n) is 4.91. The maximum absolute atomic E-state index is 8.84. The van der Waals surface area contributed by atoms with Gasteiger partial charge in [-0.1, -0.05) is 0 Å². The second-order valence-corrected chi connectivity index (χ2v) is 4.91. The maximum Gasteiger partial charge on any atom is 0.142 e. The van der Waals surface area contributed by atoms with Crippen molar-refractivity contribution < 1.29 is 0 Å². The van der Waals surface area contributed by atoms with Crippen LogP contribution in [-0.2, 0) is 0 Å². The van der Waals surface area contributed by atoms with Gasteiger partial charge in [-0.3, -0.25) is 0 Å². The van der Waals surface area contributed by atoms with Crippen molar-refractivity contribution in [2.45, 2.75) is 19.3 Å². The Bertz CT molecular complexity index is 424. The molecule has 1 N–H and O–H groups in total. The van der Waals surface area contributed by atoms with Crippen molar-refractivity contribution in [3.63, 3.8) is 0 Å². The third-order valence-electron chi connectivity index (χ3n) is 3.63. The maximum atomic E-state index is 8.84. The Labute approximate surface area is 121 Å². The number of nitrogens with one attached hydrogen (secondary N) is 1. The topological polar surface area (TPSA) is 52.0 Å². The van der Waals surface area contributed by atoms with Crippen molar-refractivity contribution in [1.82, 2.24) is 10.3 Å². The Morgan fingerprint density at radius 2 is 2.21 bits per heavy atom. The first-order chi connectivity index (χ1) is 8.79. The molecule has 1 fully saturated rings. The smallest absolute Gasteiger partial charge is 0.142 e. The molecule has 0 aliphatic carbocycles. The fraction of sp³-hybridized carbons (Fsp3) is 0.571. The van der Waals surface area contributed by atoms with E-state index in [0.717, 1.165) is 31.2 Å². The first-order valence-corrected chi connectivity index (χ1v) is 6.57. The van der Waals surface area contributed by atoms with Crippen LogP contribution in [0, 0.1) is 17.2 Å². The quantitative estimate of drug-likeness (QED) is 0.919. The summed E-state index contributed by atoms with van der Waals surface area (Å²) in [4.78, 5) is 6.21. The normalized spacial score (nSPS) is 15.4. The molecular weight excluding hydrogens is 260 g/mol. The lowest BCUT2D eigenvalue weighted by molar-refractivity contribution is 0.356. The number of hydrogen-bond donors (Lipinski definition) is 1. The highest BCUT2D eigenvalue weighted by Gasteiger charge is 2.13. The van der Waals surface area contributed by atoms with Crippen LogP contribution in [0.4, 0.5) is 5.69 Å². The Balaban J connectivity index is 0.00000180. The molecule has 2 rings (SSSR count). The highest BCUT2D eigenvalue weighted by Crippen LogP contribution is 2.19. The minimum absolute atomic E-state index is 0. The lowest BCUT2D eigenvalue weighted by Crippen LogP contribution is -2.30. The summed E-state index contributed by atoms with van der Waals surface area (Å²) in [7, 11) is 2.08. The SMILES string of the molecule is CN(CCC1CCNCC1)c1ccnc(C#N)c1.Cl. The molecule has 4 nitrogen and oxygen atoms in total. The average molecular weight is 281 g/mol. The molecule has 104 valence electrons. The van der Waals surface area contributed by atoms with Crippen molar-refractivity contribution in [3.8, 4) is 6.07 Å². The number of halogens is 1. The molecule has 1 aromatic heterocycles. The van der Waals surface area contributed by atoms with E-state index in [4.69, 9.17) is 5.26 Å². The number of rotatable bonds is 4. The Morgan fingerprint density at radius 3 is 2.89 bits per heavy atom. The van der Waals surface area contributed by atoms with Gasteiger partial charge in [0, 0.05) is 25.5 Å². The van der Waals surface area contributed by atoms with Crippen LogP contribution in [0.25, 0.3) is 0 Å². The van der Waals surface area contributed by atoms with Gasteiger partial charge in [0.05, 0.1) is 0 Å². The van der Waals surface area contributed by atoms with Crippen LogP contribution in [0.5, 0.6) is 0 Å². The number of nitrogens with zero attached hydrogens (tertiary/aromatic N) is 3. The van der Waals surface area contributed by atoms with Crippen molar-refractivity contribution in [2.24, 2.45) is 5.92 Å². The molecule has 1 aliphatic rings. The lowest BCUT2D eigenvalue weighted by atomic mass is 9.94. The third kappa shape index (κ3) is 4.70. The first kappa shape index (κ1) is 15.7. The molecule has 0 unspecified atom stereocenters. The summed E-state index contributed by atoms with van der Waals surface area (Å²) in [5, 5.41) is 12.2. The fourth-order valence-corrected chi connectivity index (χ4v) is 2.39. The van der Waals surface area contributed by atoms with Crippen LogP contribution >= 0.6 is 12.4 Å². The second kappa shape index (κ2) is 7.98. The van der Waals surface area contributed by atoms with Crippen LogP contribution in [0.1, 0.15) is 25.0 Å². The van der Waals surface area contributed by atoms with Gasteiger partial charge in [-0.05, 0) is 50.4 Å². The monoisotopic (exact) mass is 280 g/mol. The van der Waals surface area contributed by atoms with Gasteiger partial charge in [0.2, 0.25) is 0 Å². The van der Waals surface area contributed by atoms with Gasteiger partial charge in [0.15, 0.2) is 0 Å². The Hall–Kier alpha value is -1.31. The molecule has 0 atom stereocenters. The molecule has 0 saturated carbocycles. The molecule has 0 amide bonds. The molecule has 0 bridgehead atoms. The molecule has 1 saturated heterocycles. The predicted octanol–water partition coefficient (Wildman–Crippen LogP) is 2.20. The standard InChI is InChI=1S/C14H20N4.ClH/c1-18(9-5-12-2-6-16-7-3-12)14-4-8-17-13(10-14)11-15;/h4,8,10,12,16H,2-3,5-7,9H2,1H3;1H. The summed E-state index contributed by atoms with van der Waals surface area (Å²) in [6.45, 7) is 3.35. The van der Waals surface area contributed by atoms with Crippen molar-refractivity contribution in [1.29, 1.82) is 5.26 Å². The van der Waals surface area contributed by atoms with Gasteiger partial charge in [-0.2, -0.15) is 5.26 Å². The molecule has 0 radical (unpaired) electrons. The van der Waals surface area contributed by atoms with E-state index in [2.05, 4.69) is 28.3 Å². The van der Waals surface area contributed by atoms with Crippen molar-refractivity contribution in [3.05, 3.63) is 24.0 Å². The van der Waals surface area contributed by atoms with Crippen molar-refractivity contribution >= 4 is 18.1 Å². The predicted molar refractivity (Wildman–Crippen MR) is 79.7 cm³/mol. The summed E-state index contributed by atoms with van der Waals surface area (Å²) >= 11 is 0. The molecule has 2 heterocycles. The number of piperidine rings is 1. The van der Waals surface area contributed by atoms with Crippen molar-refractivity contribution in [2.75, 3.05) is 31.6 Å². The summed E-state index contributed by atoms with van der Waals surface area (Å²) in [6.07, 6.45) is 5.50. The molecule has 0 spiro atoms. The zero-order valence-corrected chi connectivity index (χ0v) is 12.1. The van der Waals surface area contributed by atoms with Crippen LogP contribution in [0.3, 0.4) is 0 Å². The van der Waals surface area contributed by atoms with E-state index in [0.29, 0.717) is 5.69 Å². The summed E-state index contributed by atoms with van der Waals surface area (Å²) in [5.74, 6) is 0.839. The number of nitriles is 1. The molecule has 5 heteroatoms. The minimum atomic E-state index is 0. The first-order valence-electron chi connectivity index (χ1n) is 6.57. The summed E-state index contributed by atoms with van der Waals surface area (Å²) < 4.78 is 0. The Morgan fingerprint density at radius 1 is 1.47 bits per heavy atom. The van der Waals surface area contributed by atoms with Gasteiger partial charge in [0.1, 0.15) is 11.8 Å². The van der Waals surface area contributed by atoms with E-state index in [1.807, 2.05) is 12.1 Å². The van der Waals surface area contributed by atoms with Gasteiger partial charge >= 0.3 is 0 Å².